The maximum atomic E-state index is 11.3. The Kier molecular flexibility index (Phi) is 6.98. The van der Waals surface area contributed by atoms with Crippen molar-refractivity contribution in [3.8, 4) is 0 Å². The van der Waals surface area contributed by atoms with Gasteiger partial charge in [0.05, 0.1) is 18.8 Å². The number of carbonyl (C=O) groups excluding carboxylic acids is 1. The van der Waals surface area contributed by atoms with Crippen LogP contribution in [0.4, 0.5) is 5.69 Å². The highest BCUT2D eigenvalue weighted by atomic mass is 32.2. The lowest BCUT2D eigenvalue weighted by Crippen LogP contribution is -2.31. The van der Waals surface area contributed by atoms with E-state index in [1.807, 2.05) is 48.5 Å². The molecule has 1 amide bonds. The molecule has 4 rings (SSSR count). The van der Waals surface area contributed by atoms with Gasteiger partial charge in [0.1, 0.15) is 6.33 Å². The number of hydrogen-bond donors (Lipinski definition) is 3. The van der Waals surface area contributed by atoms with Crippen LogP contribution in [0.2, 0.25) is 0 Å². The van der Waals surface area contributed by atoms with Crippen molar-refractivity contribution in [1.29, 1.82) is 0 Å². The number of nitrogens with one attached hydrogen (secondary N) is 2. The number of nitrogens with zero attached hydrogens (tertiary/aromatic N) is 2. The summed E-state index contributed by atoms with van der Waals surface area (Å²) >= 11 is 1.55. The number of H-pyrrole nitrogens is 1. The predicted molar refractivity (Wildman–Crippen MR) is 116 cm³/mol. The van der Waals surface area contributed by atoms with E-state index in [0.717, 1.165) is 27.5 Å². The second-order valence-corrected chi connectivity index (χ2v) is 8.26. The van der Waals surface area contributed by atoms with Gasteiger partial charge in [-0.25, -0.2) is 4.98 Å². The first-order valence-corrected chi connectivity index (χ1v) is 11.0. The summed E-state index contributed by atoms with van der Waals surface area (Å²) in [6, 6.07) is 15.2. The first-order valence-electron chi connectivity index (χ1n) is 9.97. The highest BCUT2D eigenvalue weighted by molar-refractivity contribution is 7.99. The molecule has 1 aliphatic rings. The van der Waals surface area contributed by atoms with E-state index in [9.17, 15) is 9.90 Å². The van der Waals surface area contributed by atoms with E-state index in [1.54, 1.807) is 11.8 Å². The minimum atomic E-state index is -0.539. The number of amides is 1. The molecule has 0 aliphatic carbocycles. The van der Waals surface area contributed by atoms with Crippen LogP contribution in [-0.4, -0.2) is 38.1 Å². The van der Waals surface area contributed by atoms with Crippen molar-refractivity contribution in [2.45, 2.75) is 43.6 Å². The smallest absolute Gasteiger partial charge is 0.221 e. The second-order valence-electron chi connectivity index (χ2n) is 7.25. The molecule has 1 fully saturated rings. The van der Waals surface area contributed by atoms with Gasteiger partial charge in [-0.05, 0) is 23.3 Å². The zero-order valence-electron chi connectivity index (χ0n) is 17.0. The Balaban J connectivity index is 1.52. The van der Waals surface area contributed by atoms with Gasteiger partial charge < -0.3 is 19.9 Å². The summed E-state index contributed by atoms with van der Waals surface area (Å²) in [6.45, 7) is 1.49. The highest BCUT2D eigenvalue weighted by Gasteiger charge is 2.32. The van der Waals surface area contributed by atoms with Gasteiger partial charge in [-0.2, -0.15) is 5.10 Å². The number of anilines is 1. The Morgan fingerprint density at radius 1 is 1.16 bits per heavy atom. The van der Waals surface area contributed by atoms with Crippen LogP contribution in [0.3, 0.4) is 0 Å². The van der Waals surface area contributed by atoms with E-state index in [4.69, 9.17) is 9.47 Å². The van der Waals surface area contributed by atoms with Crippen LogP contribution >= 0.6 is 11.8 Å². The van der Waals surface area contributed by atoms with Crippen molar-refractivity contribution in [2.24, 2.45) is 0 Å². The number of aliphatic hydroxyl groups excluding tert-OH is 1. The lowest BCUT2D eigenvalue weighted by molar-refractivity contribution is -0.245. The van der Waals surface area contributed by atoms with Crippen molar-refractivity contribution < 1.29 is 19.4 Å². The zero-order chi connectivity index (χ0) is 21.6. The minimum Gasteiger partial charge on any atom is -0.392 e. The molecule has 1 aliphatic heterocycles. The van der Waals surface area contributed by atoms with E-state index in [2.05, 4.69) is 20.5 Å². The summed E-state index contributed by atoms with van der Waals surface area (Å²) in [4.78, 5) is 15.4. The first kappa shape index (κ1) is 21.5. The number of thioether (sulfide) groups is 1. The van der Waals surface area contributed by atoms with Crippen molar-refractivity contribution in [1.82, 2.24) is 15.2 Å². The molecule has 3 atom stereocenters. The van der Waals surface area contributed by atoms with Crippen LogP contribution in [0.25, 0.3) is 0 Å². The molecule has 1 saturated heterocycles. The zero-order valence-corrected chi connectivity index (χ0v) is 17.8. The van der Waals surface area contributed by atoms with E-state index in [-0.39, 0.29) is 24.7 Å². The Morgan fingerprint density at radius 2 is 1.90 bits per heavy atom. The molecular formula is C22H24N4O4S. The average Bonchev–Trinajstić information content (AvgIpc) is 3.31. The summed E-state index contributed by atoms with van der Waals surface area (Å²) in [5.74, 6) is 0.582. The molecule has 8 nitrogen and oxygen atoms in total. The third kappa shape index (κ3) is 5.71. The van der Waals surface area contributed by atoms with Gasteiger partial charge in [0.2, 0.25) is 5.91 Å². The van der Waals surface area contributed by atoms with Gasteiger partial charge in [-0.1, -0.05) is 48.2 Å². The van der Waals surface area contributed by atoms with Crippen LogP contribution in [0, 0.1) is 0 Å². The third-order valence-corrected chi connectivity index (χ3v) is 5.93. The molecule has 0 unspecified atom stereocenters. The molecule has 2 aromatic carbocycles. The van der Waals surface area contributed by atoms with Crippen LogP contribution in [0.15, 0.2) is 60.0 Å². The summed E-state index contributed by atoms with van der Waals surface area (Å²) in [6.07, 6.45) is 1.43. The van der Waals surface area contributed by atoms with Crippen LogP contribution in [0.5, 0.6) is 0 Å². The number of carbonyl (C=O) groups is 1. The van der Waals surface area contributed by atoms with Crippen molar-refractivity contribution in [2.75, 3.05) is 11.1 Å². The molecule has 162 valence electrons. The predicted octanol–water partition coefficient (Wildman–Crippen LogP) is 3.59. The molecule has 0 radical (unpaired) electrons. The Labute approximate surface area is 184 Å². The quantitative estimate of drug-likeness (QED) is 0.482. The van der Waals surface area contributed by atoms with Crippen molar-refractivity contribution in [3.63, 3.8) is 0 Å². The standard InChI is InChI=1S/C22H24N4O4S/c1-14(28)25-18-8-6-17(7-9-18)21-29-19(12-31-22-23-13-24-26-22)10-20(30-21)16-4-2-15(11-27)3-5-16/h2-9,13,19-21,27H,10-12H2,1H3,(H,25,28)(H,23,24,26)/t19-,20+,21+/m1/s1. The lowest BCUT2D eigenvalue weighted by atomic mass is 10.0. The Hall–Kier alpha value is -2.72. The molecule has 31 heavy (non-hydrogen) atoms. The molecule has 0 spiro atoms. The largest absolute Gasteiger partial charge is 0.392 e. The monoisotopic (exact) mass is 440 g/mol. The number of ether oxygens (including phenoxy) is 2. The Morgan fingerprint density at radius 3 is 2.55 bits per heavy atom. The van der Waals surface area contributed by atoms with Gasteiger partial charge >= 0.3 is 0 Å². The third-order valence-electron chi connectivity index (χ3n) is 4.92. The minimum absolute atomic E-state index is 0.00857. The number of hydrogen-bond acceptors (Lipinski definition) is 7. The van der Waals surface area contributed by atoms with Gasteiger partial charge in [0, 0.05) is 30.3 Å². The molecule has 0 saturated carbocycles. The molecule has 9 heteroatoms. The maximum absolute atomic E-state index is 11.3. The topological polar surface area (TPSA) is 109 Å². The van der Waals surface area contributed by atoms with Crippen molar-refractivity contribution in [3.05, 3.63) is 71.5 Å². The Bertz CT molecular complexity index is 980. The average molecular weight is 441 g/mol. The van der Waals surface area contributed by atoms with E-state index in [0.29, 0.717) is 12.2 Å². The van der Waals surface area contributed by atoms with Gasteiger partial charge in [0.15, 0.2) is 11.4 Å². The highest BCUT2D eigenvalue weighted by Crippen LogP contribution is 2.39. The lowest BCUT2D eigenvalue weighted by Gasteiger charge is -2.36. The summed E-state index contributed by atoms with van der Waals surface area (Å²) in [5, 5.41) is 19.6. The number of rotatable bonds is 7. The molecule has 1 aromatic heterocycles. The molecule has 0 bridgehead atoms. The number of aromatic amines is 1. The van der Waals surface area contributed by atoms with Crippen molar-refractivity contribution >= 4 is 23.4 Å². The number of benzene rings is 2. The fraction of sp³-hybridized carbons (Fsp3) is 0.318. The normalized spacial score (nSPS) is 21.0. The van der Waals surface area contributed by atoms with Crippen LogP contribution in [0.1, 0.15) is 42.4 Å². The summed E-state index contributed by atoms with van der Waals surface area (Å²) in [5.41, 5.74) is 3.49. The fourth-order valence-electron chi connectivity index (χ4n) is 3.39. The van der Waals surface area contributed by atoms with Crippen LogP contribution in [-0.2, 0) is 20.9 Å². The fourth-order valence-corrected chi connectivity index (χ4v) is 4.18. The van der Waals surface area contributed by atoms with E-state index < -0.39 is 6.29 Å². The summed E-state index contributed by atoms with van der Waals surface area (Å²) < 4.78 is 12.6. The van der Waals surface area contributed by atoms with E-state index >= 15 is 0 Å². The molecular weight excluding hydrogens is 416 g/mol. The van der Waals surface area contributed by atoms with Gasteiger partial charge in [0.25, 0.3) is 0 Å². The van der Waals surface area contributed by atoms with Crippen LogP contribution < -0.4 is 5.32 Å². The van der Waals surface area contributed by atoms with Gasteiger partial charge in [-0.3, -0.25) is 9.89 Å². The number of aromatic nitrogens is 3. The number of aliphatic hydroxyl groups is 1. The van der Waals surface area contributed by atoms with Gasteiger partial charge in [-0.15, -0.1) is 0 Å². The first-order chi connectivity index (χ1) is 15.1. The molecule has 3 N–H and O–H groups in total. The SMILES string of the molecule is CC(=O)Nc1ccc([C@H]2O[C@@H](CSc3ncn[nH]3)C[C@@H](c3ccc(CO)cc3)O2)cc1. The summed E-state index contributed by atoms with van der Waals surface area (Å²) in [7, 11) is 0. The second kappa shape index (κ2) is 10.1. The maximum Gasteiger partial charge on any atom is 0.221 e. The van der Waals surface area contributed by atoms with E-state index in [1.165, 1.54) is 13.3 Å². The molecule has 3 aromatic rings. The molecule has 2 heterocycles.